The summed E-state index contributed by atoms with van der Waals surface area (Å²) in [6.07, 6.45) is 3.23. The lowest BCUT2D eigenvalue weighted by Gasteiger charge is -2.34. The van der Waals surface area contributed by atoms with Crippen molar-refractivity contribution in [2.45, 2.75) is 31.7 Å². The van der Waals surface area contributed by atoms with Gasteiger partial charge in [0.2, 0.25) is 5.91 Å². The number of thiazole rings is 1. The van der Waals surface area contributed by atoms with E-state index in [0.29, 0.717) is 24.9 Å². The SMILES string of the molecule is C=C(NC(=O)C(=C)NC(=O)c1csc(N2CCCC(NC(=O)C3CCOCC3)C2)n1)C(=O)O. The molecule has 11 nitrogen and oxygen atoms in total. The van der Waals surface area contributed by atoms with Crippen LogP contribution in [0, 0.1) is 5.92 Å². The maximum atomic E-state index is 12.5. The molecule has 2 saturated heterocycles. The molecule has 3 amide bonds. The lowest BCUT2D eigenvalue weighted by molar-refractivity contribution is -0.134. The summed E-state index contributed by atoms with van der Waals surface area (Å²) >= 11 is 1.29. The van der Waals surface area contributed by atoms with Crippen molar-refractivity contribution in [1.29, 1.82) is 0 Å². The highest BCUT2D eigenvalue weighted by Gasteiger charge is 2.28. The fraction of sp³-hybridized carbons (Fsp3) is 0.476. The molecule has 33 heavy (non-hydrogen) atoms. The lowest BCUT2D eigenvalue weighted by atomic mass is 9.98. The number of carboxylic acid groups (broad SMARTS) is 1. The number of hydrogen-bond donors (Lipinski definition) is 4. The van der Waals surface area contributed by atoms with Gasteiger partial charge in [0.25, 0.3) is 11.8 Å². The second-order valence-electron chi connectivity index (χ2n) is 7.87. The van der Waals surface area contributed by atoms with Crippen LogP contribution in [-0.4, -0.2) is 66.1 Å². The topological polar surface area (TPSA) is 150 Å². The van der Waals surface area contributed by atoms with E-state index in [9.17, 15) is 19.2 Å². The van der Waals surface area contributed by atoms with Gasteiger partial charge in [-0.15, -0.1) is 11.3 Å². The predicted molar refractivity (Wildman–Crippen MR) is 121 cm³/mol. The van der Waals surface area contributed by atoms with Crippen molar-refractivity contribution in [2.24, 2.45) is 5.92 Å². The molecule has 2 aliphatic rings. The molecule has 4 N–H and O–H groups in total. The highest BCUT2D eigenvalue weighted by Crippen LogP contribution is 2.25. The van der Waals surface area contributed by atoms with Crippen molar-refractivity contribution in [3.63, 3.8) is 0 Å². The summed E-state index contributed by atoms with van der Waals surface area (Å²) in [5, 5.41) is 18.4. The Kier molecular flexibility index (Phi) is 8.17. The Hall–Kier alpha value is -3.25. The third kappa shape index (κ3) is 6.62. The quantitative estimate of drug-likeness (QED) is 0.398. The molecule has 3 heterocycles. The van der Waals surface area contributed by atoms with Crippen molar-refractivity contribution in [3.05, 3.63) is 35.6 Å². The van der Waals surface area contributed by atoms with E-state index >= 15 is 0 Å². The number of aromatic nitrogens is 1. The molecule has 0 bridgehead atoms. The maximum absolute atomic E-state index is 12.5. The molecule has 1 unspecified atom stereocenters. The molecule has 2 fully saturated rings. The number of piperidine rings is 1. The van der Waals surface area contributed by atoms with Gasteiger partial charge >= 0.3 is 5.97 Å². The summed E-state index contributed by atoms with van der Waals surface area (Å²) in [5.74, 6) is -2.87. The minimum absolute atomic E-state index is 0.000999. The number of carbonyl (C=O) groups is 4. The van der Waals surface area contributed by atoms with Gasteiger partial charge in [-0.05, 0) is 25.7 Å². The number of nitrogens with one attached hydrogen (secondary N) is 3. The zero-order valence-corrected chi connectivity index (χ0v) is 18.9. The van der Waals surface area contributed by atoms with E-state index in [1.54, 1.807) is 5.38 Å². The number of amides is 3. The van der Waals surface area contributed by atoms with Crippen LogP contribution in [0.15, 0.2) is 29.9 Å². The molecule has 0 saturated carbocycles. The van der Waals surface area contributed by atoms with E-state index in [1.807, 2.05) is 10.2 Å². The average molecular weight is 478 g/mol. The first kappa shape index (κ1) is 24.4. The molecule has 1 aromatic heterocycles. The van der Waals surface area contributed by atoms with Gasteiger partial charge < -0.3 is 30.7 Å². The molecule has 0 aromatic carbocycles. The fourth-order valence-corrected chi connectivity index (χ4v) is 4.43. The Morgan fingerprint density at radius 3 is 2.55 bits per heavy atom. The Morgan fingerprint density at radius 1 is 1.12 bits per heavy atom. The Labute approximate surface area is 194 Å². The minimum Gasteiger partial charge on any atom is -0.477 e. The Bertz CT molecular complexity index is 955. The summed E-state index contributed by atoms with van der Waals surface area (Å²) in [6, 6.07) is 0.000999. The van der Waals surface area contributed by atoms with Gasteiger partial charge in [-0.2, -0.15) is 0 Å². The van der Waals surface area contributed by atoms with Crippen molar-refractivity contribution < 1.29 is 29.0 Å². The number of aliphatic carboxylic acids is 1. The van der Waals surface area contributed by atoms with Gasteiger partial charge in [-0.1, -0.05) is 13.2 Å². The first-order valence-electron chi connectivity index (χ1n) is 10.6. The van der Waals surface area contributed by atoms with Crippen LogP contribution in [0.25, 0.3) is 0 Å². The first-order valence-corrected chi connectivity index (χ1v) is 11.4. The molecule has 0 spiro atoms. The van der Waals surface area contributed by atoms with E-state index in [4.69, 9.17) is 9.84 Å². The molecule has 12 heteroatoms. The standard InChI is InChI=1S/C21H27N5O6S/c1-12(17(27)23-13(2)20(30)31)22-19(29)16-11-33-21(25-16)26-7-3-4-15(10-26)24-18(28)14-5-8-32-9-6-14/h11,14-15H,1-10H2,(H,22,29)(H,23,27)(H,24,28)(H,30,31). The molecule has 2 aliphatic heterocycles. The molecule has 1 atom stereocenters. The van der Waals surface area contributed by atoms with Crippen molar-refractivity contribution in [2.75, 3.05) is 31.2 Å². The van der Waals surface area contributed by atoms with Gasteiger partial charge in [0.1, 0.15) is 11.4 Å². The summed E-state index contributed by atoms with van der Waals surface area (Å²) < 4.78 is 5.32. The third-order valence-corrected chi connectivity index (χ3v) is 6.32. The third-order valence-electron chi connectivity index (χ3n) is 5.42. The van der Waals surface area contributed by atoms with E-state index in [0.717, 1.165) is 32.2 Å². The van der Waals surface area contributed by atoms with E-state index in [2.05, 4.69) is 28.8 Å². The molecule has 178 valence electrons. The summed E-state index contributed by atoms with van der Waals surface area (Å²) in [4.78, 5) is 54.0. The molecule has 3 rings (SSSR count). The second kappa shape index (κ2) is 11.1. The van der Waals surface area contributed by atoms with Crippen LogP contribution < -0.4 is 20.9 Å². The average Bonchev–Trinajstić information content (AvgIpc) is 3.30. The number of hydrogen-bond acceptors (Lipinski definition) is 8. The smallest absolute Gasteiger partial charge is 0.351 e. The number of anilines is 1. The van der Waals surface area contributed by atoms with Crippen LogP contribution in [0.1, 0.15) is 36.2 Å². The van der Waals surface area contributed by atoms with Gasteiger partial charge in [0, 0.05) is 43.6 Å². The predicted octanol–water partition coefficient (Wildman–Crippen LogP) is 0.613. The van der Waals surface area contributed by atoms with Crippen LogP contribution in [0.2, 0.25) is 0 Å². The number of nitrogens with zero attached hydrogens (tertiary/aromatic N) is 2. The van der Waals surface area contributed by atoms with Crippen LogP contribution in [0.4, 0.5) is 5.13 Å². The Morgan fingerprint density at radius 2 is 1.85 bits per heavy atom. The zero-order chi connectivity index (χ0) is 24.0. The first-order chi connectivity index (χ1) is 15.7. The summed E-state index contributed by atoms with van der Waals surface area (Å²) in [6.45, 7) is 9.20. The van der Waals surface area contributed by atoms with E-state index < -0.39 is 23.5 Å². The summed E-state index contributed by atoms with van der Waals surface area (Å²) in [7, 11) is 0. The highest BCUT2D eigenvalue weighted by molar-refractivity contribution is 7.13. The number of carboxylic acids is 1. The lowest BCUT2D eigenvalue weighted by Crippen LogP contribution is -2.49. The van der Waals surface area contributed by atoms with Crippen LogP contribution in [0.5, 0.6) is 0 Å². The fourth-order valence-electron chi connectivity index (χ4n) is 3.59. The monoisotopic (exact) mass is 477 g/mol. The van der Waals surface area contributed by atoms with E-state index in [1.165, 1.54) is 11.3 Å². The Balaban J connectivity index is 1.53. The molecular formula is C21H27N5O6S. The van der Waals surface area contributed by atoms with E-state index in [-0.39, 0.29) is 29.3 Å². The normalized spacial score (nSPS) is 18.8. The zero-order valence-electron chi connectivity index (χ0n) is 18.1. The van der Waals surface area contributed by atoms with Gasteiger partial charge in [-0.3, -0.25) is 14.4 Å². The summed E-state index contributed by atoms with van der Waals surface area (Å²) in [5.41, 5.74) is -0.755. The number of ether oxygens (including phenoxy) is 1. The maximum Gasteiger partial charge on any atom is 0.351 e. The van der Waals surface area contributed by atoms with Crippen LogP contribution in [-0.2, 0) is 19.1 Å². The van der Waals surface area contributed by atoms with Gasteiger partial charge in [0.15, 0.2) is 5.13 Å². The van der Waals surface area contributed by atoms with Crippen LogP contribution in [0.3, 0.4) is 0 Å². The van der Waals surface area contributed by atoms with Gasteiger partial charge in [0.05, 0.1) is 5.70 Å². The number of rotatable bonds is 8. The number of carbonyl (C=O) groups excluding carboxylic acids is 3. The van der Waals surface area contributed by atoms with Crippen molar-refractivity contribution >= 4 is 40.2 Å². The molecule has 0 radical (unpaired) electrons. The van der Waals surface area contributed by atoms with Crippen molar-refractivity contribution in [1.82, 2.24) is 20.9 Å². The second-order valence-corrected chi connectivity index (χ2v) is 8.70. The molecule has 0 aliphatic carbocycles. The van der Waals surface area contributed by atoms with Crippen LogP contribution >= 0.6 is 11.3 Å². The molecule has 1 aromatic rings. The molecular weight excluding hydrogens is 450 g/mol. The van der Waals surface area contributed by atoms with Crippen molar-refractivity contribution in [3.8, 4) is 0 Å². The largest absolute Gasteiger partial charge is 0.477 e. The highest BCUT2D eigenvalue weighted by atomic mass is 32.1. The minimum atomic E-state index is -1.39. The van der Waals surface area contributed by atoms with Gasteiger partial charge in [-0.25, -0.2) is 9.78 Å².